The fourth-order valence-corrected chi connectivity index (χ4v) is 8.85. The highest BCUT2D eigenvalue weighted by molar-refractivity contribution is 6.18. The Bertz CT molecular complexity index is 2290. The van der Waals surface area contributed by atoms with Gasteiger partial charge in [-0.15, -0.1) is 0 Å². The minimum absolute atomic E-state index is 0.0654. The van der Waals surface area contributed by atoms with E-state index in [1.165, 1.54) is 84.0 Å². The summed E-state index contributed by atoms with van der Waals surface area (Å²) in [6.45, 7) is 4.79. The number of nitrogens with zero attached hydrogens (tertiary/aromatic N) is 1. The third-order valence-corrected chi connectivity index (χ3v) is 10.9. The molecule has 43 heavy (non-hydrogen) atoms. The van der Waals surface area contributed by atoms with Gasteiger partial charge in [0.1, 0.15) is 0 Å². The lowest BCUT2D eigenvalue weighted by Crippen LogP contribution is -2.23. The summed E-state index contributed by atoms with van der Waals surface area (Å²) in [4.78, 5) is 0. The molecule has 4 aliphatic carbocycles. The summed E-state index contributed by atoms with van der Waals surface area (Å²) in [5.41, 5.74) is 15.1. The van der Waals surface area contributed by atoms with Crippen LogP contribution in [0.3, 0.4) is 0 Å². The number of hydrogen-bond donors (Lipinski definition) is 0. The van der Waals surface area contributed by atoms with Crippen LogP contribution in [0, 0.1) is 5.41 Å². The average Bonchev–Trinajstić information content (AvgIpc) is 3.68. The predicted molar refractivity (Wildman–Crippen MR) is 180 cm³/mol. The van der Waals surface area contributed by atoms with Gasteiger partial charge in [0.25, 0.3) is 0 Å². The fraction of sp³-hybridized carbons (Fsp3) is 0.143. The van der Waals surface area contributed by atoms with Crippen LogP contribution in [-0.2, 0) is 5.41 Å². The zero-order valence-corrected chi connectivity index (χ0v) is 24.4. The monoisotopic (exact) mass is 549 g/mol. The third-order valence-electron chi connectivity index (χ3n) is 10.9. The molecule has 4 aliphatic rings. The van der Waals surface area contributed by atoms with Crippen LogP contribution >= 0.6 is 0 Å². The Kier molecular flexibility index (Phi) is 4.37. The Morgan fingerprint density at radius 1 is 0.721 bits per heavy atom. The molecule has 1 heterocycles. The molecule has 0 saturated heterocycles. The first-order chi connectivity index (χ1) is 21.1. The normalized spacial score (nSPS) is 21.6. The SMILES string of the molecule is CC1(C)c2ccccc2-c2c3c1cccc3cc1c2c2c(n1-c1ccccc1-c1ccccc1)C=C1C=CC=CC13CC23. The maximum Gasteiger partial charge on any atom is 0.0550 e. The largest absolute Gasteiger partial charge is 0.309 e. The highest BCUT2D eigenvalue weighted by atomic mass is 15.0. The first kappa shape index (κ1) is 23.7. The Hall–Kier alpha value is -4.88. The van der Waals surface area contributed by atoms with Gasteiger partial charge in [-0.1, -0.05) is 129 Å². The van der Waals surface area contributed by atoms with Gasteiger partial charge in [0.15, 0.2) is 0 Å². The molecular weight excluding hydrogens is 518 g/mol. The van der Waals surface area contributed by atoms with E-state index in [9.17, 15) is 0 Å². The third kappa shape index (κ3) is 2.88. The lowest BCUT2D eigenvalue weighted by molar-refractivity contribution is 0.645. The second-order valence-electron chi connectivity index (χ2n) is 13.4. The molecule has 1 saturated carbocycles. The number of para-hydroxylation sites is 1. The topological polar surface area (TPSA) is 4.93 Å². The molecule has 2 atom stereocenters. The van der Waals surface area contributed by atoms with Crippen molar-refractivity contribution in [3.8, 4) is 27.9 Å². The van der Waals surface area contributed by atoms with Gasteiger partial charge in [0.2, 0.25) is 0 Å². The summed E-state index contributed by atoms with van der Waals surface area (Å²) < 4.78 is 2.60. The number of hydrogen-bond acceptors (Lipinski definition) is 0. The lowest BCUT2D eigenvalue weighted by atomic mass is 9.67. The zero-order chi connectivity index (χ0) is 28.5. The molecule has 1 fully saturated rings. The van der Waals surface area contributed by atoms with E-state index in [1.807, 2.05) is 0 Å². The fourth-order valence-electron chi connectivity index (χ4n) is 8.85. The van der Waals surface area contributed by atoms with E-state index in [4.69, 9.17) is 0 Å². The van der Waals surface area contributed by atoms with Crippen LogP contribution < -0.4 is 0 Å². The number of fused-ring (bicyclic) bond motifs is 7. The molecule has 0 aliphatic heterocycles. The molecule has 0 amide bonds. The van der Waals surface area contributed by atoms with Crippen molar-refractivity contribution >= 4 is 27.8 Å². The molecule has 0 N–H and O–H groups in total. The summed E-state index contributed by atoms with van der Waals surface area (Å²) in [5, 5.41) is 4.20. The second kappa shape index (κ2) is 7.94. The molecule has 0 bridgehead atoms. The van der Waals surface area contributed by atoms with Gasteiger partial charge in [0, 0.05) is 27.7 Å². The van der Waals surface area contributed by atoms with Gasteiger partial charge in [0.05, 0.1) is 16.9 Å². The molecule has 204 valence electrons. The molecule has 2 unspecified atom stereocenters. The average molecular weight is 550 g/mol. The van der Waals surface area contributed by atoms with Gasteiger partial charge in [-0.25, -0.2) is 0 Å². The van der Waals surface area contributed by atoms with Crippen molar-refractivity contribution in [1.82, 2.24) is 4.57 Å². The Morgan fingerprint density at radius 3 is 2.37 bits per heavy atom. The van der Waals surface area contributed by atoms with Crippen LogP contribution in [0.1, 0.15) is 48.6 Å². The maximum atomic E-state index is 2.60. The van der Waals surface area contributed by atoms with Crippen molar-refractivity contribution in [2.24, 2.45) is 5.41 Å². The highest BCUT2D eigenvalue weighted by Gasteiger charge is 2.59. The summed E-state index contributed by atoms with van der Waals surface area (Å²) in [5.74, 6) is 0.485. The smallest absolute Gasteiger partial charge is 0.0550 e. The molecule has 1 spiro atoms. The van der Waals surface area contributed by atoms with E-state index >= 15 is 0 Å². The number of allylic oxidation sites excluding steroid dienone is 5. The van der Waals surface area contributed by atoms with Crippen molar-refractivity contribution in [2.45, 2.75) is 31.6 Å². The van der Waals surface area contributed by atoms with Crippen LogP contribution in [0.5, 0.6) is 0 Å². The van der Waals surface area contributed by atoms with E-state index in [0.29, 0.717) is 5.92 Å². The first-order valence-corrected chi connectivity index (χ1v) is 15.6. The zero-order valence-electron chi connectivity index (χ0n) is 24.4. The second-order valence-corrected chi connectivity index (χ2v) is 13.4. The molecule has 1 aromatic heterocycles. The van der Waals surface area contributed by atoms with E-state index in [2.05, 4.69) is 152 Å². The summed E-state index contributed by atoms with van der Waals surface area (Å²) in [6.07, 6.45) is 13.0. The minimum atomic E-state index is -0.0654. The molecule has 0 radical (unpaired) electrons. The van der Waals surface area contributed by atoms with Crippen LogP contribution in [0.15, 0.2) is 133 Å². The Labute approximate surface area is 252 Å². The lowest BCUT2D eigenvalue weighted by Gasteiger charge is -2.35. The number of benzene rings is 5. The van der Waals surface area contributed by atoms with E-state index < -0.39 is 0 Å². The Balaban J connectivity index is 1.43. The Morgan fingerprint density at radius 2 is 1.49 bits per heavy atom. The molecule has 1 heteroatoms. The standard InChI is InChI=1S/C42H31N/c1-41(2)31-19-8-6-18-30(31)38-37-27(15-12-20-32(37)41)23-35-40(38)39-33-25-42(33)22-11-10-16-28(42)24-36(39)43(35)34-21-9-7-17-29(34)26-13-4-3-5-14-26/h3-24,33H,25H2,1-2H3. The summed E-state index contributed by atoms with van der Waals surface area (Å²) >= 11 is 0. The van der Waals surface area contributed by atoms with E-state index in [1.54, 1.807) is 0 Å². The van der Waals surface area contributed by atoms with Crippen LogP contribution in [-0.4, -0.2) is 4.57 Å². The van der Waals surface area contributed by atoms with E-state index in [-0.39, 0.29) is 10.8 Å². The number of rotatable bonds is 2. The van der Waals surface area contributed by atoms with Crippen molar-refractivity contribution in [2.75, 3.05) is 0 Å². The van der Waals surface area contributed by atoms with Gasteiger partial charge in [-0.3, -0.25) is 0 Å². The van der Waals surface area contributed by atoms with Crippen LogP contribution in [0.25, 0.3) is 55.7 Å². The first-order valence-electron chi connectivity index (χ1n) is 15.6. The molecule has 6 aromatic rings. The molecule has 10 rings (SSSR count). The van der Waals surface area contributed by atoms with Crippen molar-refractivity contribution in [1.29, 1.82) is 0 Å². The van der Waals surface area contributed by atoms with Gasteiger partial charge < -0.3 is 4.57 Å². The summed E-state index contributed by atoms with van der Waals surface area (Å²) in [6, 6.07) is 38.5. The van der Waals surface area contributed by atoms with Crippen LogP contribution in [0.4, 0.5) is 0 Å². The minimum Gasteiger partial charge on any atom is -0.309 e. The highest BCUT2D eigenvalue weighted by Crippen LogP contribution is 2.71. The molecule has 5 aromatic carbocycles. The number of aromatic nitrogens is 1. The predicted octanol–water partition coefficient (Wildman–Crippen LogP) is 10.8. The van der Waals surface area contributed by atoms with Crippen LogP contribution in [0.2, 0.25) is 0 Å². The quantitative estimate of drug-likeness (QED) is 0.202. The molecular formula is C42H31N. The molecule has 1 nitrogen and oxygen atoms in total. The van der Waals surface area contributed by atoms with E-state index in [0.717, 1.165) is 0 Å². The van der Waals surface area contributed by atoms with Crippen molar-refractivity contribution in [3.63, 3.8) is 0 Å². The van der Waals surface area contributed by atoms with Crippen molar-refractivity contribution in [3.05, 3.63) is 155 Å². The van der Waals surface area contributed by atoms with Gasteiger partial charge in [-0.2, -0.15) is 0 Å². The maximum absolute atomic E-state index is 2.60. The van der Waals surface area contributed by atoms with Gasteiger partial charge >= 0.3 is 0 Å². The van der Waals surface area contributed by atoms with Gasteiger partial charge in [-0.05, 0) is 74.4 Å². The van der Waals surface area contributed by atoms with Crippen molar-refractivity contribution < 1.29 is 0 Å². The summed E-state index contributed by atoms with van der Waals surface area (Å²) in [7, 11) is 0.